The molecule has 2 aromatic heterocycles. The summed E-state index contributed by atoms with van der Waals surface area (Å²) in [5, 5.41) is 10.5. The molecule has 1 aliphatic heterocycles. The Morgan fingerprint density at radius 3 is 2.68 bits per heavy atom. The van der Waals surface area contributed by atoms with Crippen LogP contribution in [0.1, 0.15) is 25.7 Å². The third-order valence-electron chi connectivity index (χ3n) is 3.92. The standard InChI is InChI=1S/C16H19N5O3S/c22-14(19-16-20-18-11-25-16)1-2-15(23)21-9-5-13(6-10-21)24-12-3-7-17-8-4-12/h3-4,7-8,11,13H,1-2,5-6,9-10H2,(H,19,20,22). The Morgan fingerprint density at radius 1 is 1.24 bits per heavy atom. The van der Waals surface area contributed by atoms with Gasteiger partial charge in [-0.25, -0.2) is 0 Å². The molecule has 1 N–H and O–H groups in total. The van der Waals surface area contributed by atoms with Gasteiger partial charge in [-0.2, -0.15) is 0 Å². The van der Waals surface area contributed by atoms with Crippen molar-refractivity contribution in [3.05, 3.63) is 30.0 Å². The Hall–Kier alpha value is -2.55. The van der Waals surface area contributed by atoms with Gasteiger partial charge in [-0.05, 0) is 12.1 Å². The Balaban J connectivity index is 1.37. The molecule has 2 aromatic rings. The lowest BCUT2D eigenvalue weighted by Crippen LogP contribution is -2.42. The molecule has 1 saturated heterocycles. The largest absolute Gasteiger partial charge is 0.490 e. The van der Waals surface area contributed by atoms with Gasteiger partial charge in [0.05, 0.1) is 0 Å². The average molecular weight is 361 g/mol. The number of carbonyl (C=O) groups is 2. The molecule has 1 aliphatic rings. The minimum atomic E-state index is -0.221. The van der Waals surface area contributed by atoms with E-state index in [1.54, 1.807) is 22.8 Å². The molecule has 0 aromatic carbocycles. The van der Waals surface area contributed by atoms with Crippen molar-refractivity contribution in [1.82, 2.24) is 20.1 Å². The van der Waals surface area contributed by atoms with Crippen LogP contribution in [0.25, 0.3) is 0 Å². The maximum absolute atomic E-state index is 12.2. The van der Waals surface area contributed by atoms with Gasteiger partial charge < -0.3 is 15.0 Å². The van der Waals surface area contributed by atoms with Gasteiger partial charge in [0.1, 0.15) is 17.4 Å². The molecule has 1 fully saturated rings. The van der Waals surface area contributed by atoms with Crippen LogP contribution in [0, 0.1) is 0 Å². The zero-order valence-corrected chi connectivity index (χ0v) is 14.4. The third kappa shape index (κ3) is 5.21. The van der Waals surface area contributed by atoms with E-state index in [-0.39, 0.29) is 30.8 Å². The second-order valence-corrected chi connectivity index (χ2v) is 6.51. The summed E-state index contributed by atoms with van der Waals surface area (Å²) in [7, 11) is 0. The summed E-state index contributed by atoms with van der Waals surface area (Å²) < 4.78 is 5.89. The Labute approximate surface area is 149 Å². The van der Waals surface area contributed by atoms with E-state index in [9.17, 15) is 9.59 Å². The summed E-state index contributed by atoms with van der Waals surface area (Å²) in [5.74, 6) is 0.573. The predicted molar refractivity (Wildman–Crippen MR) is 92.2 cm³/mol. The first-order valence-corrected chi connectivity index (χ1v) is 8.99. The molecule has 8 nitrogen and oxygen atoms in total. The van der Waals surface area contributed by atoms with Crippen LogP contribution in [-0.4, -0.2) is 51.1 Å². The second kappa shape index (κ2) is 8.52. The first-order valence-electron chi connectivity index (χ1n) is 8.11. The van der Waals surface area contributed by atoms with Crippen LogP contribution in [0.2, 0.25) is 0 Å². The molecule has 0 spiro atoms. The zero-order chi connectivity index (χ0) is 17.5. The monoisotopic (exact) mass is 361 g/mol. The molecule has 0 radical (unpaired) electrons. The molecule has 0 unspecified atom stereocenters. The van der Waals surface area contributed by atoms with Crippen LogP contribution >= 0.6 is 11.3 Å². The van der Waals surface area contributed by atoms with Crippen LogP contribution < -0.4 is 10.1 Å². The average Bonchev–Trinajstić information content (AvgIpc) is 3.14. The highest BCUT2D eigenvalue weighted by Crippen LogP contribution is 2.19. The van der Waals surface area contributed by atoms with Crippen molar-refractivity contribution < 1.29 is 14.3 Å². The van der Waals surface area contributed by atoms with Crippen LogP contribution in [0.15, 0.2) is 30.0 Å². The topological polar surface area (TPSA) is 97.3 Å². The number of ether oxygens (including phenoxy) is 1. The van der Waals surface area contributed by atoms with Crippen LogP contribution in [0.5, 0.6) is 5.75 Å². The van der Waals surface area contributed by atoms with Crippen LogP contribution in [0.4, 0.5) is 5.13 Å². The number of amides is 2. The van der Waals surface area contributed by atoms with E-state index < -0.39 is 0 Å². The maximum Gasteiger partial charge on any atom is 0.226 e. The second-order valence-electron chi connectivity index (χ2n) is 5.67. The number of hydrogen-bond acceptors (Lipinski definition) is 7. The van der Waals surface area contributed by atoms with Crippen molar-refractivity contribution in [1.29, 1.82) is 0 Å². The molecular weight excluding hydrogens is 342 g/mol. The lowest BCUT2D eigenvalue weighted by molar-refractivity contribution is -0.134. The predicted octanol–water partition coefficient (Wildman–Crippen LogP) is 1.72. The molecule has 3 heterocycles. The molecule has 2 amide bonds. The number of aromatic nitrogens is 3. The maximum atomic E-state index is 12.2. The summed E-state index contributed by atoms with van der Waals surface area (Å²) in [6.07, 6.45) is 5.40. The third-order valence-corrected chi connectivity index (χ3v) is 4.53. The van der Waals surface area contributed by atoms with E-state index in [1.807, 2.05) is 12.1 Å². The molecule has 0 bridgehead atoms. The first-order chi connectivity index (χ1) is 12.2. The van der Waals surface area contributed by atoms with Gasteiger partial charge in [-0.1, -0.05) is 11.3 Å². The summed E-state index contributed by atoms with van der Waals surface area (Å²) in [6, 6.07) is 3.65. The lowest BCUT2D eigenvalue weighted by Gasteiger charge is -2.32. The van der Waals surface area contributed by atoms with Crippen LogP contribution in [0.3, 0.4) is 0 Å². The number of carbonyl (C=O) groups excluding carboxylic acids is 2. The van der Waals surface area contributed by atoms with E-state index in [0.717, 1.165) is 18.6 Å². The van der Waals surface area contributed by atoms with Crippen molar-refractivity contribution in [2.24, 2.45) is 0 Å². The van der Waals surface area contributed by atoms with Crippen molar-refractivity contribution in [2.45, 2.75) is 31.8 Å². The molecule has 0 atom stereocenters. The quantitative estimate of drug-likeness (QED) is 0.841. The number of nitrogens with zero attached hydrogens (tertiary/aromatic N) is 4. The van der Waals surface area contributed by atoms with Gasteiger partial charge in [0, 0.05) is 51.2 Å². The van der Waals surface area contributed by atoms with E-state index in [4.69, 9.17) is 4.74 Å². The number of nitrogens with one attached hydrogen (secondary N) is 1. The molecule has 0 saturated carbocycles. The number of pyridine rings is 1. The molecule has 132 valence electrons. The fourth-order valence-corrected chi connectivity index (χ4v) is 3.08. The van der Waals surface area contributed by atoms with E-state index in [2.05, 4.69) is 20.5 Å². The SMILES string of the molecule is O=C(CCC(=O)N1CCC(Oc2ccncc2)CC1)Nc1nncs1. The van der Waals surface area contributed by atoms with E-state index >= 15 is 0 Å². The Kier molecular flexibility index (Phi) is 5.89. The Morgan fingerprint density at radius 2 is 2.00 bits per heavy atom. The minimum Gasteiger partial charge on any atom is -0.490 e. The summed E-state index contributed by atoms with van der Waals surface area (Å²) >= 11 is 1.25. The molecule has 25 heavy (non-hydrogen) atoms. The molecule has 0 aliphatic carbocycles. The van der Waals surface area contributed by atoms with Gasteiger partial charge in [0.15, 0.2) is 0 Å². The van der Waals surface area contributed by atoms with Gasteiger partial charge >= 0.3 is 0 Å². The van der Waals surface area contributed by atoms with E-state index in [0.29, 0.717) is 18.2 Å². The van der Waals surface area contributed by atoms with Gasteiger partial charge in [-0.3, -0.25) is 14.6 Å². The highest BCUT2D eigenvalue weighted by Gasteiger charge is 2.24. The number of piperidine rings is 1. The lowest BCUT2D eigenvalue weighted by atomic mass is 10.1. The van der Waals surface area contributed by atoms with Gasteiger partial charge in [-0.15, -0.1) is 10.2 Å². The number of hydrogen-bond donors (Lipinski definition) is 1. The summed E-state index contributed by atoms with van der Waals surface area (Å²) in [4.78, 5) is 29.8. The van der Waals surface area contributed by atoms with Crippen LogP contribution in [-0.2, 0) is 9.59 Å². The van der Waals surface area contributed by atoms with Crippen molar-refractivity contribution in [2.75, 3.05) is 18.4 Å². The van der Waals surface area contributed by atoms with Gasteiger partial charge in [0.25, 0.3) is 0 Å². The fraction of sp³-hybridized carbons (Fsp3) is 0.438. The number of anilines is 1. The molecule has 9 heteroatoms. The smallest absolute Gasteiger partial charge is 0.226 e. The normalized spacial score (nSPS) is 15.0. The summed E-state index contributed by atoms with van der Waals surface area (Å²) in [6.45, 7) is 1.29. The van der Waals surface area contributed by atoms with Gasteiger partial charge in [0.2, 0.25) is 16.9 Å². The number of rotatable bonds is 6. The fourth-order valence-electron chi connectivity index (χ4n) is 2.62. The minimum absolute atomic E-state index is 0.00484. The first kappa shape index (κ1) is 17.3. The number of likely N-dealkylation sites (tertiary alicyclic amines) is 1. The zero-order valence-electron chi connectivity index (χ0n) is 13.6. The van der Waals surface area contributed by atoms with Crippen molar-refractivity contribution in [3.8, 4) is 5.75 Å². The highest BCUT2D eigenvalue weighted by molar-refractivity contribution is 7.13. The van der Waals surface area contributed by atoms with E-state index in [1.165, 1.54) is 11.3 Å². The molecule has 3 rings (SSSR count). The van der Waals surface area contributed by atoms with Crippen molar-refractivity contribution >= 4 is 28.3 Å². The van der Waals surface area contributed by atoms with Crippen molar-refractivity contribution in [3.63, 3.8) is 0 Å². The summed E-state index contributed by atoms with van der Waals surface area (Å²) in [5.41, 5.74) is 1.54. The molecular formula is C16H19N5O3S. The highest BCUT2D eigenvalue weighted by atomic mass is 32.1. The Bertz CT molecular complexity index is 687.